The van der Waals surface area contributed by atoms with Crippen LogP contribution < -0.4 is 4.74 Å². The summed E-state index contributed by atoms with van der Waals surface area (Å²) in [5, 5.41) is 8.53. The second-order valence-corrected chi connectivity index (χ2v) is 6.24. The lowest BCUT2D eigenvalue weighted by molar-refractivity contribution is -0.139. The number of aliphatic carboxylic acids is 1. The molecule has 0 atom stereocenters. The number of carbonyl (C=O) groups is 2. The fourth-order valence-corrected chi connectivity index (χ4v) is 2.89. The van der Waals surface area contributed by atoms with Crippen LogP contribution in [-0.4, -0.2) is 23.5 Å². The van der Waals surface area contributed by atoms with Gasteiger partial charge in [0.15, 0.2) is 12.4 Å². The number of hydrogen-bond acceptors (Lipinski definition) is 4. The average molecular weight is 316 g/mol. The van der Waals surface area contributed by atoms with Gasteiger partial charge in [-0.1, -0.05) is 18.2 Å². The molecular formula is C17H16O4S. The Bertz CT molecular complexity index is 711. The predicted octanol–water partition coefficient (Wildman–Crippen LogP) is 3.72. The molecule has 1 N–H and O–H groups in total. The number of allylic oxidation sites excluding steroid dienone is 1. The number of rotatable bonds is 6. The van der Waals surface area contributed by atoms with Crippen LogP contribution in [-0.2, 0) is 4.79 Å². The first-order chi connectivity index (χ1) is 10.5. The molecule has 0 fully saturated rings. The predicted molar refractivity (Wildman–Crippen MR) is 86.7 cm³/mol. The summed E-state index contributed by atoms with van der Waals surface area (Å²) < 4.78 is 5.05. The molecule has 2 rings (SSSR count). The van der Waals surface area contributed by atoms with E-state index in [4.69, 9.17) is 9.84 Å². The number of hydrogen-bond donors (Lipinski definition) is 1. The lowest BCUT2D eigenvalue weighted by Gasteiger charge is -2.02. The maximum absolute atomic E-state index is 12.1. The standard InChI is InChI=1S/C17H16O4S/c1-11-9-15(12(2)22-11)16(18)8-5-13-3-6-14(7-4-13)21-10-17(19)20/h3-9H,10H2,1-2H3,(H,19,20). The Morgan fingerprint density at radius 3 is 2.45 bits per heavy atom. The first-order valence-corrected chi connectivity index (χ1v) is 7.51. The maximum Gasteiger partial charge on any atom is 0.341 e. The van der Waals surface area contributed by atoms with Crippen molar-refractivity contribution in [3.63, 3.8) is 0 Å². The van der Waals surface area contributed by atoms with Gasteiger partial charge in [0, 0.05) is 15.3 Å². The number of carbonyl (C=O) groups excluding carboxylic acids is 1. The molecule has 1 heterocycles. The molecule has 4 nitrogen and oxygen atoms in total. The van der Waals surface area contributed by atoms with E-state index >= 15 is 0 Å². The molecule has 0 aliphatic heterocycles. The lowest BCUT2D eigenvalue weighted by atomic mass is 10.1. The number of carboxylic acid groups (broad SMARTS) is 1. The zero-order valence-electron chi connectivity index (χ0n) is 12.3. The quantitative estimate of drug-likeness (QED) is 0.651. The minimum absolute atomic E-state index is 0.0203. The fraction of sp³-hybridized carbons (Fsp3) is 0.176. The Morgan fingerprint density at radius 1 is 1.23 bits per heavy atom. The van der Waals surface area contributed by atoms with Gasteiger partial charge in [0.05, 0.1) is 0 Å². The number of carboxylic acids is 1. The highest BCUT2D eigenvalue weighted by Gasteiger charge is 2.08. The van der Waals surface area contributed by atoms with E-state index in [-0.39, 0.29) is 12.4 Å². The zero-order chi connectivity index (χ0) is 16.1. The van der Waals surface area contributed by atoms with Crippen molar-refractivity contribution < 1.29 is 19.4 Å². The van der Waals surface area contributed by atoms with Crippen molar-refractivity contribution in [1.82, 2.24) is 0 Å². The summed E-state index contributed by atoms with van der Waals surface area (Å²) in [4.78, 5) is 24.7. The molecule has 0 amide bonds. The highest BCUT2D eigenvalue weighted by atomic mass is 32.1. The molecule has 2 aromatic rings. The van der Waals surface area contributed by atoms with E-state index in [1.54, 1.807) is 47.8 Å². The van der Waals surface area contributed by atoms with Crippen molar-refractivity contribution in [1.29, 1.82) is 0 Å². The topological polar surface area (TPSA) is 63.6 Å². The van der Waals surface area contributed by atoms with Crippen LogP contribution in [0.2, 0.25) is 0 Å². The van der Waals surface area contributed by atoms with Crippen molar-refractivity contribution >= 4 is 29.2 Å². The Labute approximate surface area is 132 Å². The van der Waals surface area contributed by atoms with Crippen molar-refractivity contribution in [3.05, 3.63) is 57.3 Å². The summed E-state index contributed by atoms with van der Waals surface area (Å²) in [6, 6.07) is 8.79. The zero-order valence-corrected chi connectivity index (χ0v) is 13.1. The highest BCUT2D eigenvalue weighted by molar-refractivity contribution is 7.12. The number of ketones is 1. The summed E-state index contributed by atoms with van der Waals surface area (Å²) in [5.41, 5.74) is 1.58. The molecule has 0 unspecified atom stereocenters. The van der Waals surface area contributed by atoms with Crippen LogP contribution in [0.15, 0.2) is 36.4 Å². The van der Waals surface area contributed by atoms with Crippen molar-refractivity contribution in [2.45, 2.75) is 13.8 Å². The molecule has 0 saturated carbocycles. The summed E-state index contributed by atoms with van der Waals surface area (Å²) >= 11 is 1.61. The van der Waals surface area contributed by atoms with E-state index in [2.05, 4.69) is 0 Å². The van der Waals surface area contributed by atoms with Gasteiger partial charge in [-0.25, -0.2) is 4.79 Å². The summed E-state index contributed by atoms with van der Waals surface area (Å²) in [7, 11) is 0. The lowest BCUT2D eigenvalue weighted by Crippen LogP contribution is -2.09. The van der Waals surface area contributed by atoms with Crippen molar-refractivity contribution in [2.24, 2.45) is 0 Å². The van der Waals surface area contributed by atoms with Crippen LogP contribution in [0, 0.1) is 13.8 Å². The first-order valence-electron chi connectivity index (χ1n) is 6.70. The average Bonchev–Trinajstić information content (AvgIpc) is 2.82. The molecule has 0 aliphatic rings. The molecule has 114 valence electrons. The van der Waals surface area contributed by atoms with E-state index < -0.39 is 5.97 Å². The van der Waals surface area contributed by atoms with Gasteiger partial charge in [0.1, 0.15) is 5.75 Å². The third kappa shape index (κ3) is 4.30. The van der Waals surface area contributed by atoms with Crippen LogP contribution in [0.3, 0.4) is 0 Å². The van der Waals surface area contributed by atoms with Crippen molar-refractivity contribution in [2.75, 3.05) is 6.61 Å². The van der Waals surface area contributed by atoms with E-state index in [0.29, 0.717) is 5.75 Å². The molecule has 1 aromatic carbocycles. The Hall–Kier alpha value is -2.40. The maximum atomic E-state index is 12.1. The number of ether oxygens (including phenoxy) is 1. The van der Waals surface area contributed by atoms with E-state index in [9.17, 15) is 9.59 Å². The van der Waals surface area contributed by atoms with E-state index in [1.807, 2.05) is 19.9 Å². The molecule has 0 bridgehead atoms. The van der Waals surface area contributed by atoms with Crippen LogP contribution >= 0.6 is 11.3 Å². The van der Waals surface area contributed by atoms with Gasteiger partial charge in [-0.05, 0) is 43.7 Å². The molecule has 22 heavy (non-hydrogen) atoms. The third-order valence-corrected chi connectivity index (χ3v) is 3.94. The Balaban J connectivity index is 2.02. The normalized spacial score (nSPS) is 10.8. The van der Waals surface area contributed by atoms with Crippen molar-refractivity contribution in [3.8, 4) is 5.75 Å². The molecule has 0 spiro atoms. The highest BCUT2D eigenvalue weighted by Crippen LogP contribution is 2.21. The fourth-order valence-electron chi connectivity index (χ4n) is 1.96. The summed E-state index contributed by atoms with van der Waals surface area (Å²) in [6.07, 6.45) is 3.28. The largest absolute Gasteiger partial charge is 0.482 e. The van der Waals surface area contributed by atoms with Gasteiger partial charge in [0.25, 0.3) is 0 Å². The molecule has 0 radical (unpaired) electrons. The first kappa shape index (κ1) is 16.0. The van der Waals surface area contributed by atoms with Gasteiger partial charge >= 0.3 is 5.97 Å². The number of benzene rings is 1. The van der Waals surface area contributed by atoms with Crippen LogP contribution in [0.5, 0.6) is 5.75 Å². The SMILES string of the molecule is Cc1cc(C(=O)C=Cc2ccc(OCC(=O)O)cc2)c(C)s1. The minimum Gasteiger partial charge on any atom is -0.482 e. The molecular weight excluding hydrogens is 300 g/mol. The van der Waals surface area contributed by atoms with Crippen LogP contribution in [0.1, 0.15) is 25.7 Å². The smallest absolute Gasteiger partial charge is 0.341 e. The third-order valence-electron chi connectivity index (χ3n) is 2.98. The monoisotopic (exact) mass is 316 g/mol. The molecule has 1 aromatic heterocycles. The molecule has 0 aliphatic carbocycles. The number of aryl methyl sites for hydroxylation is 2. The van der Waals surface area contributed by atoms with Crippen LogP contribution in [0.4, 0.5) is 0 Å². The van der Waals surface area contributed by atoms with Gasteiger partial charge in [0.2, 0.25) is 0 Å². The van der Waals surface area contributed by atoms with E-state index in [1.165, 1.54) is 0 Å². The Kier molecular flexibility index (Phi) is 5.12. The second-order valence-electron chi connectivity index (χ2n) is 4.78. The van der Waals surface area contributed by atoms with E-state index in [0.717, 1.165) is 20.9 Å². The van der Waals surface area contributed by atoms with Gasteiger partial charge in [-0.2, -0.15) is 0 Å². The Morgan fingerprint density at radius 2 is 1.91 bits per heavy atom. The summed E-state index contributed by atoms with van der Waals surface area (Å²) in [5.74, 6) is -0.556. The molecule has 0 saturated heterocycles. The van der Waals surface area contributed by atoms with Gasteiger partial charge in [-0.3, -0.25) is 4.79 Å². The molecule has 5 heteroatoms. The minimum atomic E-state index is -1.02. The van der Waals surface area contributed by atoms with Gasteiger partial charge in [-0.15, -0.1) is 11.3 Å². The number of thiophene rings is 1. The van der Waals surface area contributed by atoms with Gasteiger partial charge < -0.3 is 9.84 Å². The summed E-state index contributed by atoms with van der Waals surface area (Å²) in [6.45, 7) is 3.55. The second kappa shape index (κ2) is 7.04. The van der Waals surface area contributed by atoms with Crippen LogP contribution in [0.25, 0.3) is 6.08 Å².